The van der Waals surface area contributed by atoms with E-state index in [2.05, 4.69) is 40.8 Å². The molecule has 1 aliphatic rings. The normalized spacial score (nSPS) is 23.9. The molecule has 0 amide bonds. The zero-order chi connectivity index (χ0) is 18.5. The third kappa shape index (κ3) is 4.10. The van der Waals surface area contributed by atoms with Crippen LogP contribution >= 0.6 is 0 Å². The lowest BCUT2D eigenvalue weighted by Gasteiger charge is -2.43. The van der Waals surface area contributed by atoms with E-state index in [1.165, 1.54) is 0 Å². The highest BCUT2D eigenvalue weighted by molar-refractivity contribution is 5.26. The summed E-state index contributed by atoms with van der Waals surface area (Å²) in [5.41, 5.74) is 9.91. The van der Waals surface area contributed by atoms with Crippen LogP contribution in [-0.2, 0) is 0 Å². The lowest BCUT2D eigenvalue weighted by atomic mass is 9.87. The predicted octanol–water partition coefficient (Wildman–Crippen LogP) is 4.05. The summed E-state index contributed by atoms with van der Waals surface area (Å²) >= 11 is 0. The van der Waals surface area contributed by atoms with Crippen molar-refractivity contribution in [3.63, 3.8) is 0 Å². The molecule has 0 aliphatic carbocycles. The SMILES string of the molecule is Cc1cccnc1C1CC(F)C[C@@H](c2ncccc2C)N1CCCCN. The van der Waals surface area contributed by atoms with Gasteiger partial charge in [-0.15, -0.1) is 0 Å². The van der Waals surface area contributed by atoms with Crippen molar-refractivity contribution in [2.45, 2.75) is 57.8 Å². The highest BCUT2D eigenvalue weighted by atomic mass is 19.1. The molecule has 5 heteroatoms. The molecule has 1 aliphatic heterocycles. The highest BCUT2D eigenvalue weighted by Crippen LogP contribution is 2.43. The molecule has 2 N–H and O–H groups in total. The third-order valence-corrected chi connectivity index (χ3v) is 5.36. The maximum absolute atomic E-state index is 14.8. The fourth-order valence-corrected chi connectivity index (χ4v) is 4.05. The number of hydrogen-bond donors (Lipinski definition) is 1. The van der Waals surface area contributed by atoms with Crippen LogP contribution < -0.4 is 5.73 Å². The van der Waals surface area contributed by atoms with E-state index in [-0.39, 0.29) is 12.1 Å². The molecule has 0 aromatic carbocycles. The highest BCUT2D eigenvalue weighted by Gasteiger charge is 2.39. The first-order valence-electron chi connectivity index (χ1n) is 9.54. The van der Waals surface area contributed by atoms with Crippen LogP contribution in [-0.4, -0.2) is 34.1 Å². The number of aromatic nitrogens is 2. The van der Waals surface area contributed by atoms with Gasteiger partial charge in [0.05, 0.1) is 23.5 Å². The molecule has 3 atom stereocenters. The second kappa shape index (κ2) is 8.69. The third-order valence-electron chi connectivity index (χ3n) is 5.36. The van der Waals surface area contributed by atoms with Crippen molar-refractivity contribution in [2.75, 3.05) is 13.1 Å². The van der Waals surface area contributed by atoms with Crippen LogP contribution in [0.15, 0.2) is 36.7 Å². The first-order chi connectivity index (χ1) is 12.6. The van der Waals surface area contributed by atoms with Gasteiger partial charge in [-0.25, -0.2) is 4.39 Å². The fraction of sp³-hybridized carbons (Fsp3) is 0.524. The standard InChI is InChI=1S/C21H29FN4/c1-15-7-5-10-24-20(15)18-13-17(22)14-19(26(18)12-4-3-9-23)21-16(2)8-6-11-25-21/h5-8,10-11,17-19H,3-4,9,12-14,23H2,1-2H3/t17?,18-,19?/m0/s1. The van der Waals surface area contributed by atoms with Gasteiger partial charge in [0.1, 0.15) is 6.17 Å². The number of hydrogen-bond acceptors (Lipinski definition) is 4. The van der Waals surface area contributed by atoms with Crippen molar-refractivity contribution >= 4 is 0 Å². The smallest absolute Gasteiger partial charge is 0.104 e. The summed E-state index contributed by atoms with van der Waals surface area (Å²) in [6.45, 7) is 5.68. The molecule has 1 fully saturated rings. The van der Waals surface area contributed by atoms with Crippen molar-refractivity contribution in [3.05, 3.63) is 59.2 Å². The Morgan fingerprint density at radius 3 is 2.00 bits per heavy atom. The van der Waals surface area contributed by atoms with E-state index >= 15 is 0 Å². The molecule has 140 valence electrons. The monoisotopic (exact) mass is 356 g/mol. The van der Waals surface area contributed by atoms with E-state index in [1.807, 2.05) is 24.5 Å². The van der Waals surface area contributed by atoms with Crippen LogP contribution in [0, 0.1) is 13.8 Å². The summed E-state index contributed by atoms with van der Waals surface area (Å²) in [5.74, 6) is 0. The summed E-state index contributed by atoms with van der Waals surface area (Å²) in [5, 5.41) is 0. The Hall–Kier alpha value is -1.85. The molecule has 0 radical (unpaired) electrons. The number of nitrogens with zero attached hydrogens (tertiary/aromatic N) is 3. The predicted molar refractivity (Wildman–Crippen MR) is 103 cm³/mol. The van der Waals surface area contributed by atoms with E-state index in [0.29, 0.717) is 19.4 Å². The molecular formula is C21H29FN4. The van der Waals surface area contributed by atoms with Gasteiger partial charge in [0.25, 0.3) is 0 Å². The van der Waals surface area contributed by atoms with Crippen molar-refractivity contribution in [3.8, 4) is 0 Å². The van der Waals surface area contributed by atoms with Crippen molar-refractivity contribution in [1.29, 1.82) is 0 Å². The lowest BCUT2D eigenvalue weighted by molar-refractivity contribution is 0.0291. The van der Waals surface area contributed by atoms with Gasteiger partial charge in [-0.05, 0) is 75.9 Å². The topological polar surface area (TPSA) is 55.0 Å². The maximum atomic E-state index is 14.8. The number of pyridine rings is 2. The quantitative estimate of drug-likeness (QED) is 0.794. The average Bonchev–Trinajstić information content (AvgIpc) is 2.63. The number of aryl methyl sites for hydroxylation is 2. The minimum Gasteiger partial charge on any atom is -0.330 e. The van der Waals surface area contributed by atoms with Gasteiger partial charge in [-0.2, -0.15) is 0 Å². The molecule has 2 unspecified atom stereocenters. The van der Waals surface area contributed by atoms with Gasteiger partial charge in [-0.3, -0.25) is 14.9 Å². The Morgan fingerprint density at radius 1 is 1.00 bits per heavy atom. The Bertz CT molecular complexity index is 665. The number of nitrogens with two attached hydrogens (primary N) is 1. The van der Waals surface area contributed by atoms with E-state index in [9.17, 15) is 4.39 Å². The largest absolute Gasteiger partial charge is 0.330 e. The molecule has 2 aromatic rings. The van der Waals surface area contributed by atoms with Crippen LogP contribution in [0.3, 0.4) is 0 Å². The molecule has 3 heterocycles. The minimum absolute atomic E-state index is 0.0240. The zero-order valence-corrected chi connectivity index (χ0v) is 15.7. The van der Waals surface area contributed by atoms with Crippen molar-refractivity contribution in [2.24, 2.45) is 5.73 Å². The van der Waals surface area contributed by atoms with Crippen LogP contribution in [0.1, 0.15) is 60.3 Å². The number of rotatable bonds is 6. The van der Waals surface area contributed by atoms with Gasteiger partial charge < -0.3 is 5.73 Å². The number of halogens is 1. The zero-order valence-electron chi connectivity index (χ0n) is 15.7. The van der Waals surface area contributed by atoms with E-state index < -0.39 is 6.17 Å². The molecular weight excluding hydrogens is 327 g/mol. The van der Waals surface area contributed by atoms with E-state index in [0.717, 1.165) is 41.9 Å². The molecule has 2 aromatic heterocycles. The van der Waals surface area contributed by atoms with Gasteiger partial charge >= 0.3 is 0 Å². The van der Waals surface area contributed by atoms with Gasteiger partial charge in [0.15, 0.2) is 0 Å². The number of alkyl halides is 1. The molecule has 1 saturated heterocycles. The molecule has 0 spiro atoms. The van der Waals surface area contributed by atoms with Gasteiger partial charge in [0, 0.05) is 12.4 Å². The number of unbranched alkanes of at least 4 members (excludes halogenated alkanes) is 1. The van der Waals surface area contributed by atoms with Crippen molar-refractivity contribution in [1.82, 2.24) is 14.9 Å². The Kier molecular flexibility index (Phi) is 6.33. The lowest BCUT2D eigenvalue weighted by Crippen LogP contribution is -2.42. The molecule has 26 heavy (non-hydrogen) atoms. The minimum atomic E-state index is -0.849. The first kappa shape index (κ1) is 18.9. The Labute approximate surface area is 155 Å². The summed E-state index contributed by atoms with van der Waals surface area (Å²) < 4.78 is 14.8. The number of likely N-dealkylation sites (tertiary alicyclic amines) is 1. The summed E-state index contributed by atoms with van der Waals surface area (Å²) in [7, 11) is 0. The Balaban J connectivity index is 1.98. The van der Waals surface area contributed by atoms with E-state index in [1.54, 1.807) is 0 Å². The molecule has 3 rings (SSSR count). The second-order valence-electron chi connectivity index (χ2n) is 7.24. The molecule has 0 saturated carbocycles. The maximum Gasteiger partial charge on any atom is 0.104 e. The van der Waals surface area contributed by atoms with E-state index in [4.69, 9.17) is 5.73 Å². The first-order valence-corrected chi connectivity index (χ1v) is 9.54. The van der Waals surface area contributed by atoms with Crippen LogP contribution in [0.4, 0.5) is 4.39 Å². The second-order valence-corrected chi connectivity index (χ2v) is 7.24. The Morgan fingerprint density at radius 2 is 1.54 bits per heavy atom. The van der Waals surface area contributed by atoms with Crippen LogP contribution in [0.25, 0.3) is 0 Å². The van der Waals surface area contributed by atoms with Gasteiger partial charge in [0.2, 0.25) is 0 Å². The fourth-order valence-electron chi connectivity index (χ4n) is 4.05. The summed E-state index contributed by atoms with van der Waals surface area (Å²) in [6.07, 6.45) is 5.71. The summed E-state index contributed by atoms with van der Waals surface area (Å²) in [6, 6.07) is 7.95. The summed E-state index contributed by atoms with van der Waals surface area (Å²) in [4.78, 5) is 11.6. The van der Waals surface area contributed by atoms with Gasteiger partial charge in [-0.1, -0.05) is 12.1 Å². The average molecular weight is 356 g/mol. The van der Waals surface area contributed by atoms with Crippen molar-refractivity contribution < 1.29 is 4.39 Å². The molecule has 0 bridgehead atoms. The van der Waals surface area contributed by atoms with Crippen LogP contribution in [0.5, 0.6) is 0 Å². The number of piperidine rings is 1. The van der Waals surface area contributed by atoms with Crippen LogP contribution in [0.2, 0.25) is 0 Å². The molecule has 4 nitrogen and oxygen atoms in total.